The van der Waals surface area contributed by atoms with Gasteiger partial charge in [0.05, 0.1) is 18.8 Å². The van der Waals surface area contributed by atoms with Crippen molar-refractivity contribution >= 4 is 6.03 Å². The molecule has 1 heterocycles. The molecular weight excluding hydrogens is 647 g/mol. The Morgan fingerprint density at radius 1 is 0.885 bits per heavy atom. The molecule has 0 unspecified atom stereocenters. The fourth-order valence-corrected chi connectivity index (χ4v) is 10.8. The van der Waals surface area contributed by atoms with Crippen LogP contribution >= 0.6 is 0 Å². The minimum Gasteiger partial charge on any atom is -0.392 e. The average molecular weight is 704 g/mol. The molecule has 3 aromatic carbocycles. The average Bonchev–Trinajstić information content (AvgIpc) is 3.69. The van der Waals surface area contributed by atoms with Gasteiger partial charge >= 0.3 is 6.03 Å². The number of carbonyl (C=O) groups is 1. The van der Waals surface area contributed by atoms with Gasteiger partial charge < -0.3 is 25.2 Å². The second-order valence-electron chi connectivity index (χ2n) is 16.8. The predicted octanol–water partition coefficient (Wildman–Crippen LogP) is 8.84. The van der Waals surface area contributed by atoms with Crippen LogP contribution in [0.25, 0.3) is 11.1 Å². The van der Waals surface area contributed by atoms with Gasteiger partial charge in [0.15, 0.2) is 6.29 Å². The topological polar surface area (TPSA) is 83.1 Å². The molecule has 0 radical (unpaired) electrons. The lowest BCUT2D eigenvalue weighted by molar-refractivity contribution is -0.276. The third kappa shape index (κ3) is 7.75. The number of ether oxygens (including phenoxy) is 2. The van der Waals surface area contributed by atoms with Crippen LogP contribution in [0.3, 0.4) is 0 Å². The summed E-state index contributed by atoms with van der Waals surface area (Å²) < 4.78 is 13.7. The van der Waals surface area contributed by atoms with Crippen LogP contribution in [0.2, 0.25) is 0 Å². The second kappa shape index (κ2) is 15.5. The Morgan fingerprint density at radius 3 is 2.23 bits per heavy atom. The Kier molecular flexibility index (Phi) is 10.6. The number of amides is 2. The van der Waals surface area contributed by atoms with Gasteiger partial charge in [-0.25, -0.2) is 4.79 Å². The summed E-state index contributed by atoms with van der Waals surface area (Å²) in [7, 11) is 0. The lowest BCUT2D eigenvalue weighted by Gasteiger charge is -2.56. The largest absolute Gasteiger partial charge is 0.392 e. The molecule has 5 saturated carbocycles. The third-order valence-corrected chi connectivity index (χ3v) is 13.0. The maximum Gasteiger partial charge on any atom is 0.315 e. The molecule has 52 heavy (non-hydrogen) atoms. The first-order chi connectivity index (χ1) is 25.4. The minimum atomic E-state index is -0.532. The molecule has 9 rings (SSSR count). The molecule has 4 bridgehead atoms. The summed E-state index contributed by atoms with van der Waals surface area (Å²) in [6.07, 6.45) is 13.9. The summed E-state index contributed by atoms with van der Waals surface area (Å²) >= 11 is 0. The fraction of sp³-hybridized carbons (Fsp3) is 0.533. The molecular formula is C45H57N3O4. The molecule has 276 valence electrons. The molecule has 7 heteroatoms. The summed E-state index contributed by atoms with van der Waals surface area (Å²) in [5.74, 6) is 2.51. The summed E-state index contributed by atoms with van der Waals surface area (Å²) in [4.78, 5) is 15.8. The Hall–Kier alpha value is -3.49. The van der Waals surface area contributed by atoms with Gasteiger partial charge in [0.25, 0.3) is 0 Å². The number of nitrogens with zero attached hydrogens (tertiary/aromatic N) is 1. The molecule has 4 atom stereocenters. The monoisotopic (exact) mass is 703 g/mol. The molecule has 6 aliphatic rings. The zero-order valence-corrected chi connectivity index (χ0v) is 30.9. The molecule has 7 nitrogen and oxygen atoms in total. The van der Waals surface area contributed by atoms with Crippen LogP contribution < -0.4 is 10.6 Å². The van der Waals surface area contributed by atoms with Crippen molar-refractivity contribution in [1.29, 1.82) is 0 Å². The van der Waals surface area contributed by atoms with Gasteiger partial charge in [-0.1, -0.05) is 86.5 Å². The van der Waals surface area contributed by atoms with E-state index in [0.29, 0.717) is 12.6 Å². The molecule has 1 saturated heterocycles. The number of rotatable bonds is 12. The molecule has 2 amide bonds. The van der Waals surface area contributed by atoms with Crippen LogP contribution in [0.15, 0.2) is 85.5 Å². The molecule has 3 N–H and O–H groups in total. The number of aliphatic hydroxyl groups excluding tert-OH is 1. The van der Waals surface area contributed by atoms with E-state index in [9.17, 15) is 9.90 Å². The van der Waals surface area contributed by atoms with Gasteiger partial charge in [0.2, 0.25) is 0 Å². The maximum atomic E-state index is 13.2. The van der Waals surface area contributed by atoms with Gasteiger partial charge in [-0.15, -0.1) is 6.58 Å². The van der Waals surface area contributed by atoms with Crippen molar-refractivity contribution in [3.05, 3.63) is 108 Å². The predicted molar refractivity (Wildman–Crippen MR) is 205 cm³/mol. The van der Waals surface area contributed by atoms with E-state index in [-0.39, 0.29) is 36.3 Å². The van der Waals surface area contributed by atoms with Crippen molar-refractivity contribution in [2.24, 2.45) is 23.7 Å². The first-order valence-electron chi connectivity index (χ1n) is 20.0. The number of carbonyl (C=O) groups excluding carboxylic acids is 1. The van der Waals surface area contributed by atoms with Crippen LogP contribution in [0.1, 0.15) is 106 Å². The van der Waals surface area contributed by atoms with Crippen LogP contribution in [-0.4, -0.2) is 46.8 Å². The standard InChI is InChI=1S/C45H57N3O4/c1-3-18-48(40-12-4-5-13-40)28-41-30(2)42(36-16-14-31(29-49)15-17-36)52-43(51-41)39-11-7-10-38(23-39)37-9-6-8-32(22-37)27-46-44(50)47-45-24-33-19-34(25-45)21-35(20-33)26-45/h3,6-11,14-17,22-23,30,33-35,40-43,49H,1,4-5,12-13,18-21,24-29H2,2H3,(H2,46,47,50)/t30-,33?,34?,35?,41+,42+,43+,45?/m1/s1. The Bertz CT molecular complexity index is 1670. The minimum absolute atomic E-state index is 0.00349. The van der Waals surface area contributed by atoms with E-state index in [4.69, 9.17) is 9.47 Å². The first-order valence-corrected chi connectivity index (χ1v) is 20.0. The molecule has 6 fully saturated rings. The molecule has 5 aliphatic carbocycles. The summed E-state index contributed by atoms with van der Waals surface area (Å²) in [6.45, 7) is 8.50. The smallest absolute Gasteiger partial charge is 0.315 e. The molecule has 0 spiro atoms. The fourth-order valence-electron chi connectivity index (χ4n) is 10.8. The third-order valence-electron chi connectivity index (χ3n) is 13.0. The van der Waals surface area contributed by atoms with Crippen molar-refractivity contribution in [1.82, 2.24) is 15.5 Å². The number of urea groups is 1. The lowest BCUT2D eigenvalue weighted by Crippen LogP contribution is -2.61. The van der Waals surface area contributed by atoms with Crippen molar-refractivity contribution in [2.45, 2.75) is 114 Å². The highest BCUT2D eigenvalue weighted by atomic mass is 16.7. The normalized spacial score (nSPS) is 31.2. The van der Waals surface area contributed by atoms with Gasteiger partial charge in [-0.2, -0.15) is 0 Å². The summed E-state index contributed by atoms with van der Waals surface area (Å²) in [5.41, 5.74) is 6.24. The molecule has 0 aromatic heterocycles. The molecule has 3 aromatic rings. The molecule has 1 aliphatic heterocycles. The SMILES string of the molecule is C=CCN(C[C@@H]1O[C@H](c2cccc(-c3cccc(CNC(=O)NC45CC6CC(CC(C6)C4)C5)c3)c2)O[C@H](c2ccc(CO)cc2)[C@@H]1C)C1CCCC1. The Morgan fingerprint density at radius 2 is 1.56 bits per heavy atom. The van der Waals surface area contributed by atoms with Crippen molar-refractivity contribution in [2.75, 3.05) is 13.1 Å². The van der Waals surface area contributed by atoms with Crippen molar-refractivity contribution < 1.29 is 19.4 Å². The highest BCUT2D eigenvalue weighted by Gasteiger charge is 2.51. The van der Waals surface area contributed by atoms with E-state index >= 15 is 0 Å². The second-order valence-corrected chi connectivity index (χ2v) is 16.8. The number of hydrogen-bond acceptors (Lipinski definition) is 5. The summed E-state index contributed by atoms with van der Waals surface area (Å²) in [5, 5.41) is 16.3. The van der Waals surface area contributed by atoms with Crippen molar-refractivity contribution in [3.63, 3.8) is 0 Å². The zero-order chi connectivity index (χ0) is 35.7. The highest BCUT2D eigenvalue weighted by Crippen LogP contribution is 2.55. The van der Waals surface area contributed by atoms with Gasteiger partial charge in [-0.3, -0.25) is 4.90 Å². The summed E-state index contributed by atoms with van der Waals surface area (Å²) in [6, 6.07) is 25.7. The van der Waals surface area contributed by atoms with Gasteiger partial charge in [0.1, 0.15) is 0 Å². The van der Waals surface area contributed by atoms with E-state index in [2.05, 4.69) is 89.7 Å². The maximum absolute atomic E-state index is 13.2. The first kappa shape index (κ1) is 35.5. The lowest BCUT2D eigenvalue weighted by atomic mass is 9.53. The number of nitrogens with one attached hydrogen (secondary N) is 2. The van der Waals surface area contributed by atoms with Crippen LogP contribution in [-0.2, 0) is 22.6 Å². The van der Waals surface area contributed by atoms with Crippen LogP contribution in [0, 0.1) is 23.7 Å². The number of aliphatic hydroxyl groups is 1. The number of hydrogen-bond donors (Lipinski definition) is 3. The van der Waals surface area contributed by atoms with Crippen LogP contribution in [0.4, 0.5) is 4.79 Å². The van der Waals surface area contributed by atoms with Gasteiger partial charge in [0, 0.05) is 42.7 Å². The van der Waals surface area contributed by atoms with E-state index in [1.165, 1.54) is 44.9 Å². The Balaban J connectivity index is 0.979. The van der Waals surface area contributed by atoms with Gasteiger partial charge in [-0.05, 0) is 109 Å². The quantitative estimate of drug-likeness (QED) is 0.164. The van der Waals surface area contributed by atoms with E-state index in [1.54, 1.807) is 0 Å². The van der Waals surface area contributed by atoms with E-state index in [0.717, 1.165) is 83.5 Å². The zero-order valence-electron chi connectivity index (χ0n) is 30.9. The van der Waals surface area contributed by atoms with Crippen molar-refractivity contribution in [3.8, 4) is 11.1 Å². The highest BCUT2D eigenvalue weighted by molar-refractivity contribution is 5.75. The number of benzene rings is 3. The van der Waals surface area contributed by atoms with E-state index in [1.807, 2.05) is 18.2 Å². The van der Waals surface area contributed by atoms with Crippen LogP contribution in [0.5, 0.6) is 0 Å². The van der Waals surface area contributed by atoms with E-state index < -0.39 is 6.29 Å². The Labute approximate surface area is 310 Å².